The first-order chi connectivity index (χ1) is 41.5. The Balaban J connectivity index is 1.17. The number of hydrogen-bond donors (Lipinski definition) is 0. The Kier molecular flexibility index (Phi) is 9.15. The second-order valence-electron chi connectivity index (χ2n) is 17.6. The van der Waals surface area contributed by atoms with Crippen molar-refractivity contribution in [3.8, 4) is 68.8 Å². The van der Waals surface area contributed by atoms with Crippen molar-refractivity contribution in [1.82, 2.24) is 0 Å². The van der Waals surface area contributed by atoms with E-state index in [-0.39, 0.29) is 67.3 Å². The number of halogens is 2. The molecule has 0 spiro atoms. The molecule has 0 aliphatic heterocycles. The van der Waals surface area contributed by atoms with Crippen molar-refractivity contribution in [3.05, 3.63) is 264 Å². The van der Waals surface area contributed by atoms with Gasteiger partial charge in [-0.2, -0.15) is 21.0 Å². The molecule has 0 aliphatic rings. The van der Waals surface area contributed by atoms with E-state index in [4.69, 9.17) is 8.22 Å². The molecule has 0 bridgehead atoms. The Morgan fingerprint density at radius 3 is 1.05 bits per heavy atom. The largest absolute Gasteiger partial charge is 0.307 e. The molecule has 12 aromatic rings. The summed E-state index contributed by atoms with van der Waals surface area (Å²) in [7, 11) is 0. The molecular formula is C68H38F2N6. The molecule has 12 aromatic carbocycles. The van der Waals surface area contributed by atoms with Crippen LogP contribution in [0.2, 0.25) is 0 Å². The van der Waals surface area contributed by atoms with Crippen LogP contribution in [0.5, 0.6) is 0 Å². The van der Waals surface area contributed by atoms with Gasteiger partial charge in [0.05, 0.1) is 83.0 Å². The monoisotopic (exact) mass is 986 g/mol. The Morgan fingerprint density at radius 1 is 0.355 bits per heavy atom. The Morgan fingerprint density at radius 2 is 0.684 bits per heavy atom. The summed E-state index contributed by atoms with van der Waals surface area (Å²) in [5.74, 6) is -1.84. The molecule has 0 fully saturated rings. The smallest absolute Gasteiger partial charge is 0.155 e. The minimum Gasteiger partial charge on any atom is -0.307 e. The zero-order valence-corrected chi connectivity index (χ0v) is 39.6. The molecule has 0 heterocycles. The number of nitriles is 4. The molecule has 6 nitrogen and oxygen atoms in total. The molecule has 0 N–H and O–H groups in total. The number of para-hydroxylation sites is 2. The van der Waals surface area contributed by atoms with Crippen LogP contribution in [0.1, 0.15) is 36.0 Å². The third-order valence-electron chi connectivity index (χ3n) is 13.4. The van der Waals surface area contributed by atoms with E-state index >= 15 is 8.78 Å². The maximum Gasteiger partial charge on any atom is 0.155 e. The van der Waals surface area contributed by atoms with Crippen molar-refractivity contribution in [3.63, 3.8) is 0 Å². The first kappa shape index (κ1) is 36.1. The number of nitrogens with zero attached hydrogens (tertiary/aromatic N) is 6. The summed E-state index contributed by atoms with van der Waals surface area (Å²) in [5.41, 5.74) is 1.88. The van der Waals surface area contributed by atoms with E-state index in [1.54, 1.807) is 146 Å². The van der Waals surface area contributed by atoms with Gasteiger partial charge in [-0.25, -0.2) is 8.78 Å². The lowest BCUT2D eigenvalue weighted by Gasteiger charge is -2.30. The first-order valence-electron chi connectivity index (χ1n) is 28.6. The highest BCUT2D eigenvalue weighted by atomic mass is 19.1. The van der Waals surface area contributed by atoms with Gasteiger partial charge in [0.2, 0.25) is 0 Å². The molecule has 354 valence electrons. The van der Waals surface area contributed by atoms with Gasteiger partial charge in [-0.3, -0.25) is 0 Å². The van der Waals surface area contributed by atoms with E-state index in [2.05, 4.69) is 24.3 Å². The lowest BCUT2D eigenvalue weighted by atomic mass is 9.90. The predicted octanol–water partition coefficient (Wildman–Crippen LogP) is 18.0. The summed E-state index contributed by atoms with van der Waals surface area (Å²) in [6.07, 6.45) is 0. The molecule has 76 heavy (non-hydrogen) atoms. The minimum absolute atomic E-state index is 0.0287. The second-order valence-corrected chi connectivity index (χ2v) is 17.6. The van der Waals surface area contributed by atoms with Crippen LogP contribution in [0.3, 0.4) is 0 Å². The van der Waals surface area contributed by atoms with Gasteiger partial charge in [0, 0.05) is 33.3 Å². The maximum absolute atomic E-state index is 18.7. The molecule has 0 aliphatic carbocycles. The first-order valence-corrected chi connectivity index (χ1v) is 23.6. The van der Waals surface area contributed by atoms with E-state index in [9.17, 15) is 26.5 Å². The van der Waals surface area contributed by atoms with E-state index in [0.29, 0.717) is 54.6 Å². The molecule has 8 heteroatoms. The SMILES string of the molecule is [2H]c1c([2H])c([2H])c(N(c2ccc(-c3cccc(C#N)c3)c(-c3cccc(C#N)c3)c2F)c2ccc3ccc4c(N(c5ccc(-c6cccc(C#N)c6)c(-c6cccc(C#N)c6)c5F)c5c([2H])c([2H])c([2H])c([2H])c5[2H])ccc5ccc2c3c54)c([2H])c1[2H]. The van der Waals surface area contributed by atoms with Crippen LogP contribution in [0.15, 0.2) is 230 Å². The van der Waals surface area contributed by atoms with Gasteiger partial charge in [0.25, 0.3) is 0 Å². The molecule has 0 radical (unpaired) electrons. The lowest BCUT2D eigenvalue weighted by molar-refractivity contribution is 0.632. The molecule has 0 amide bonds. The second kappa shape index (κ2) is 19.3. The fraction of sp³-hybridized carbons (Fsp3) is 0. The van der Waals surface area contributed by atoms with Crippen LogP contribution < -0.4 is 9.80 Å². The highest BCUT2D eigenvalue weighted by Crippen LogP contribution is 2.51. The number of hydrogen-bond acceptors (Lipinski definition) is 6. The summed E-state index contributed by atoms with van der Waals surface area (Å²) in [6.45, 7) is 0. The van der Waals surface area contributed by atoms with Crippen LogP contribution in [0.25, 0.3) is 76.8 Å². The molecule has 12 rings (SSSR count). The van der Waals surface area contributed by atoms with Crippen LogP contribution >= 0.6 is 0 Å². The standard InChI is InChI=1S/C68H38F2N6/c69-67-61(33-29-55(49-15-7-11-43(35-49)39-71)65(67)51-17-9-13-45(37-51)41-73)75(53-19-3-1-4-20-53)59-31-25-47-24-28-58-60(32-26-48-23-27-57(59)63(47)64(48)58)76(54-21-5-2-6-22-54)62-34-30-56(50-16-8-12-44(36-50)40-72)66(68(62)70)52-18-10-14-46(38-52)42-74/h1-38H/i1D,2D,3D,4D,5D,6D,19D,20D,21D,22D. The van der Waals surface area contributed by atoms with Crippen molar-refractivity contribution in [1.29, 1.82) is 21.0 Å². The van der Waals surface area contributed by atoms with E-state index in [1.165, 1.54) is 34.1 Å². The zero-order valence-electron chi connectivity index (χ0n) is 49.6. The Hall–Kier alpha value is -10.9. The summed E-state index contributed by atoms with van der Waals surface area (Å²) in [4.78, 5) is 2.53. The van der Waals surface area contributed by atoms with Gasteiger partial charge in [0.15, 0.2) is 11.6 Å². The number of anilines is 6. The maximum atomic E-state index is 18.7. The minimum atomic E-state index is -0.918. The molecular weight excluding hydrogens is 939 g/mol. The van der Waals surface area contributed by atoms with Gasteiger partial charge < -0.3 is 9.80 Å². The quantitative estimate of drug-likeness (QED) is 0.127. The lowest BCUT2D eigenvalue weighted by Crippen LogP contribution is -2.14. The highest BCUT2D eigenvalue weighted by molar-refractivity contribution is 6.28. The fourth-order valence-electron chi connectivity index (χ4n) is 10.1. The topological polar surface area (TPSA) is 102 Å². The van der Waals surface area contributed by atoms with Crippen molar-refractivity contribution in [2.75, 3.05) is 9.80 Å². The third-order valence-corrected chi connectivity index (χ3v) is 13.4. The molecule has 0 atom stereocenters. The summed E-state index contributed by atoms with van der Waals surface area (Å²) >= 11 is 0. The van der Waals surface area contributed by atoms with Crippen LogP contribution in [0.4, 0.5) is 42.9 Å². The van der Waals surface area contributed by atoms with Crippen LogP contribution in [-0.2, 0) is 0 Å². The van der Waals surface area contributed by atoms with Gasteiger partial charge in [-0.1, -0.05) is 133 Å². The number of rotatable bonds is 10. The zero-order chi connectivity index (χ0) is 60.6. The van der Waals surface area contributed by atoms with Crippen molar-refractivity contribution < 1.29 is 22.5 Å². The van der Waals surface area contributed by atoms with Crippen molar-refractivity contribution >= 4 is 66.4 Å². The summed E-state index contributed by atoms with van der Waals surface area (Å²) in [6, 6.07) is 46.9. The number of benzene rings is 12. The summed E-state index contributed by atoms with van der Waals surface area (Å²) in [5, 5.41) is 42.8. The normalized spacial score (nSPS) is 12.8. The van der Waals surface area contributed by atoms with Gasteiger partial charge in [-0.15, -0.1) is 0 Å². The van der Waals surface area contributed by atoms with Crippen molar-refractivity contribution in [2.24, 2.45) is 0 Å². The van der Waals surface area contributed by atoms with E-state index in [1.807, 2.05) is 0 Å². The van der Waals surface area contributed by atoms with Gasteiger partial charge in [0.1, 0.15) is 0 Å². The van der Waals surface area contributed by atoms with Crippen LogP contribution in [-0.4, -0.2) is 0 Å². The summed E-state index contributed by atoms with van der Waals surface area (Å²) < 4.78 is 128. The van der Waals surface area contributed by atoms with Crippen LogP contribution in [0, 0.1) is 57.0 Å². The predicted molar refractivity (Wildman–Crippen MR) is 300 cm³/mol. The molecule has 0 unspecified atom stereocenters. The third kappa shape index (κ3) is 7.94. The highest BCUT2D eigenvalue weighted by Gasteiger charge is 2.28. The average Bonchev–Trinajstić information content (AvgIpc) is 0.905. The van der Waals surface area contributed by atoms with Gasteiger partial charge in [-0.05, 0) is 152 Å². The van der Waals surface area contributed by atoms with E-state index in [0.717, 1.165) is 0 Å². The fourth-order valence-corrected chi connectivity index (χ4v) is 10.1. The molecule has 0 saturated heterocycles. The molecule has 0 saturated carbocycles. The molecule has 0 aromatic heterocycles. The van der Waals surface area contributed by atoms with Gasteiger partial charge >= 0.3 is 0 Å². The van der Waals surface area contributed by atoms with E-state index < -0.39 is 83.4 Å². The Labute approximate surface area is 451 Å². The van der Waals surface area contributed by atoms with Crippen molar-refractivity contribution in [2.45, 2.75) is 0 Å². The Bertz CT molecular complexity index is 4710. The average molecular weight is 987 g/mol.